The number of carbonyl (C=O) groups is 1. The number of nitrogens with zero attached hydrogens (tertiary/aromatic N) is 1. The number of aliphatic hydroxyl groups is 1. The van der Waals surface area contributed by atoms with E-state index in [1.54, 1.807) is 4.90 Å². The van der Waals surface area contributed by atoms with Gasteiger partial charge in [-0.05, 0) is 31.6 Å². The van der Waals surface area contributed by atoms with Gasteiger partial charge < -0.3 is 14.7 Å². The Morgan fingerprint density at radius 1 is 1.37 bits per heavy atom. The second-order valence-electron chi connectivity index (χ2n) is 6.36. The molecule has 19 heavy (non-hydrogen) atoms. The summed E-state index contributed by atoms with van der Waals surface area (Å²) in [6.45, 7) is 4.05. The van der Waals surface area contributed by atoms with E-state index >= 15 is 0 Å². The fraction of sp³-hybridized carbons (Fsp3) is 0.933. The average Bonchev–Trinajstić information content (AvgIpc) is 2.84. The second kappa shape index (κ2) is 6.23. The number of likely N-dealkylation sites (N-methyl/N-ethyl adjacent to an activating group) is 1. The predicted octanol–water partition coefficient (Wildman–Crippen LogP) is 1.81. The van der Waals surface area contributed by atoms with Gasteiger partial charge in [0.25, 0.3) is 0 Å². The summed E-state index contributed by atoms with van der Waals surface area (Å²) in [5.41, 5.74) is -0.639. The molecule has 1 N–H and O–H groups in total. The van der Waals surface area contributed by atoms with Crippen LogP contribution in [-0.2, 0) is 9.53 Å². The van der Waals surface area contributed by atoms with E-state index in [0.717, 1.165) is 51.7 Å². The van der Waals surface area contributed by atoms with Crippen LogP contribution in [0.25, 0.3) is 0 Å². The lowest BCUT2D eigenvalue weighted by Gasteiger charge is -2.33. The van der Waals surface area contributed by atoms with Crippen molar-refractivity contribution in [3.8, 4) is 0 Å². The quantitative estimate of drug-likeness (QED) is 0.847. The lowest BCUT2D eigenvalue weighted by Crippen LogP contribution is -2.45. The molecule has 0 aromatic heterocycles. The highest BCUT2D eigenvalue weighted by Gasteiger charge is 2.35. The van der Waals surface area contributed by atoms with E-state index in [4.69, 9.17) is 4.74 Å². The Morgan fingerprint density at radius 2 is 1.95 bits per heavy atom. The molecule has 1 unspecified atom stereocenters. The largest absolute Gasteiger partial charge is 0.388 e. The number of hydrogen-bond donors (Lipinski definition) is 1. The third-order valence-corrected chi connectivity index (χ3v) is 4.80. The first-order chi connectivity index (χ1) is 9.02. The van der Waals surface area contributed by atoms with Crippen LogP contribution in [0.5, 0.6) is 0 Å². The molecule has 0 aromatic rings. The molecule has 1 saturated carbocycles. The Labute approximate surface area is 116 Å². The van der Waals surface area contributed by atoms with E-state index < -0.39 is 5.60 Å². The van der Waals surface area contributed by atoms with Crippen molar-refractivity contribution in [1.82, 2.24) is 4.90 Å². The Hall–Kier alpha value is -0.610. The van der Waals surface area contributed by atoms with Gasteiger partial charge in [-0.3, -0.25) is 4.79 Å². The van der Waals surface area contributed by atoms with Crippen LogP contribution in [-0.4, -0.2) is 48.3 Å². The molecule has 1 aliphatic carbocycles. The molecule has 4 heteroatoms. The zero-order chi connectivity index (χ0) is 13.9. The van der Waals surface area contributed by atoms with E-state index in [1.165, 1.54) is 0 Å². The summed E-state index contributed by atoms with van der Waals surface area (Å²) in [5, 5.41) is 10.4. The van der Waals surface area contributed by atoms with Crippen LogP contribution >= 0.6 is 0 Å². The highest BCUT2D eigenvalue weighted by atomic mass is 16.5. The minimum atomic E-state index is -0.639. The molecule has 0 aromatic carbocycles. The highest BCUT2D eigenvalue weighted by molar-refractivity contribution is 5.78. The number of amides is 1. The smallest absolute Gasteiger partial charge is 0.225 e. The normalized spacial score (nSPS) is 25.2. The SMILES string of the molecule is CC(C(=O)N(C)CC1(O)CCCC1)C1CCOCC1. The maximum absolute atomic E-state index is 12.4. The summed E-state index contributed by atoms with van der Waals surface area (Å²) < 4.78 is 5.35. The van der Waals surface area contributed by atoms with Gasteiger partial charge in [0.1, 0.15) is 0 Å². The van der Waals surface area contributed by atoms with Gasteiger partial charge >= 0.3 is 0 Å². The fourth-order valence-electron chi connectivity index (χ4n) is 3.48. The summed E-state index contributed by atoms with van der Waals surface area (Å²) in [6.07, 6.45) is 5.77. The Morgan fingerprint density at radius 3 is 2.53 bits per heavy atom. The van der Waals surface area contributed by atoms with Gasteiger partial charge in [-0.15, -0.1) is 0 Å². The van der Waals surface area contributed by atoms with Crippen LogP contribution in [0.2, 0.25) is 0 Å². The lowest BCUT2D eigenvalue weighted by molar-refractivity contribution is -0.139. The highest BCUT2D eigenvalue weighted by Crippen LogP contribution is 2.31. The summed E-state index contributed by atoms with van der Waals surface area (Å²) in [6, 6.07) is 0. The van der Waals surface area contributed by atoms with Crippen molar-refractivity contribution in [3.05, 3.63) is 0 Å². The summed E-state index contributed by atoms with van der Waals surface area (Å²) in [4.78, 5) is 14.2. The number of hydrogen-bond acceptors (Lipinski definition) is 3. The van der Waals surface area contributed by atoms with Crippen LogP contribution in [0.4, 0.5) is 0 Å². The molecule has 4 nitrogen and oxygen atoms in total. The summed E-state index contributed by atoms with van der Waals surface area (Å²) in [7, 11) is 1.83. The van der Waals surface area contributed by atoms with E-state index in [-0.39, 0.29) is 11.8 Å². The molecule has 1 heterocycles. The molecule has 2 fully saturated rings. The van der Waals surface area contributed by atoms with Gasteiger partial charge in [0, 0.05) is 32.7 Å². The fourth-order valence-corrected chi connectivity index (χ4v) is 3.48. The van der Waals surface area contributed by atoms with E-state index in [1.807, 2.05) is 14.0 Å². The molecule has 0 radical (unpaired) electrons. The van der Waals surface area contributed by atoms with Crippen molar-refractivity contribution in [2.45, 2.75) is 51.0 Å². The van der Waals surface area contributed by atoms with Gasteiger partial charge in [0.2, 0.25) is 5.91 Å². The van der Waals surface area contributed by atoms with Crippen molar-refractivity contribution in [3.63, 3.8) is 0 Å². The first-order valence-corrected chi connectivity index (χ1v) is 7.57. The predicted molar refractivity (Wildman–Crippen MR) is 73.8 cm³/mol. The van der Waals surface area contributed by atoms with Gasteiger partial charge in [-0.25, -0.2) is 0 Å². The minimum Gasteiger partial charge on any atom is -0.388 e. The third-order valence-electron chi connectivity index (χ3n) is 4.80. The summed E-state index contributed by atoms with van der Waals surface area (Å²) in [5.74, 6) is 0.646. The van der Waals surface area contributed by atoms with Crippen LogP contribution in [0, 0.1) is 11.8 Å². The van der Waals surface area contributed by atoms with E-state index in [0.29, 0.717) is 12.5 Å². The number of rotatable bonds is 4. The van der Waals surface area contributed by atoms with Crippen molar-refractivity contribution in [2.75, 3.05) is 26.8 Å². The van der Waals surface area contributed by atoms with Gasteiger partial charge in [0.15, 0.2) is 0 Å². The van der Waals surface area contributed by atoms with Gasteiger partial charge in [0.05, 0.1) is 5.60 Å². The Kier molecular flexibility index (Phi) is 4.85. The van der Waals surface area contributed by atoms with Crippen LogP contribution < -0.4 is 0 Å². The van der Waals surface area contributed by atoms with Crippen LogP contribution in [0.15, 0.2) is 0 Å². The lowest BCUT2D eigenvalue weighted by atomic mass is 9.86. The van der Waals surface area contributed by atoms with Gasteiger partial charge in [-0.1, -0.05) is 19.8 Å². The number of carbonyl (C=O) groups excluding carboxylic acids is 1. The third kappa shape index (κ3) is 3.69. The molecule has 1 amide bonds. The molecule has 0 bridgehead atoms. The molecule has 1 aliphatic heterocycles. The zero-order valence-electron chi connectivity index (χ0n) is 12.2. The average molecular weight is 269 g/mol. The monoisotopic (exact) mass is 269 g/mol. The van der Waals surface area contributed by atoms with Gasteiger partial charge in [-0.2, -0.15) is 0 Å². The molecule has 2 rings (SSSR count). The second-order valence-corrected chi connectivity index (χ2v) is 6.36. The maximum atomic E-state index is 12.4. The van der Waals surface area contributed by atoms with Crippen molar-refractivity contribution in [2.24, 2.45) is 11.8 Å². The van der Waals surface area contributed by atoms with Crippen LogP contribution in [0.3, 0.4) is 0 Å². The molecular weight excluding hydrogens is 242 g/mol. The minimum absolute atomic E-state index is 0.0407. The standard InChI is InChI=1S/C15H27NO3/c1-12(13-5-9-19-10-6-13)14(17)16(2)11-15(18)7-3-4-8-15/h12-13,18H,3-11H2,1-2H3. The first-order valence-electron chi connectivity index (χ1n) is 7.57. The van der Waals surface area contributed by atoms with Crippen LogP contribution in [0.1, 0.15) is 45.4 Å². The Bertz CT molecular complexity index is 307. The van der Waals surface area contributed by atoms with E-state index in [9.17, 15) is 9.90 Å². The molecule has 0 spiro atoms. The topological polar surface area (TPSA) is 49.8 Å². The van der Waals surface area contributed by atoms with Crippen molar-refractivity contribution < 1.29 is 14.6 Å². The Balaban J connectivity index is 1.86. The number of ether oxygens (including phenoxy) is 1. The van der Waals surface area contributed by atoms with Crippen molar-refractivity contribution >= 4 is 5.91 Å². The van der Waals surface area contributed by atoms with Crippen molar-refractivity contribution in [1.29, 1.82) is 0 Å². The maximum Gasteiger partial charge on any atom is 0.225 e. The zero-order valence-corrected chi connectivity index (χ0v) is 12.2. The molecular formula is C15H27NO3. The first kappa shape index (κ1) is 14.8. The molecule has 1 saturated heterocycles. The molecule has 2 aliphatic rings. The summed E-state index contributed by atoms with van der Waals surface area (Å²) >= 11 is 0. The molecule has 110 valence electrons. The molecule has 1 atom stereocenters. The van der Waals surface area contributed by atoms with E-state index in [2.05, 4.69) is 0 Å².